The number of ether oxygens (including phenoxy) is 1. The number of aromatic nitrogens is 2. The Morgan fingerprint density at radius 2 is 1.92 bits per heavy atom. The molecule has 0 aliphatic heterocycles. The molecule has 2 aromatic rings. The van der Waals surface area contributed by atoms with Crippen molar-refractivity contribution in [2.45, 2.75) is 20.8 Å². The summed E-state index contributed by atoms with van der Waals surface area (Å²) >= 11 is 0. The first kappa shape index (κ1) is 17.4. The van der Waals surface area contributed by atoms with E-state index in [1.165, 1.54) is 6.07 Å². The average molecular weight is 327 g/mol. The van der Waals surface area contributed by atoms with E-state index < -0.39 is 5.97 Å². The van der Waals surface area contributed by atoms with Crippen LogP contribution in [0, 0.1) is 31.5 Å². The molecule has 0 aliphatic rings. The number of nitrogens with zero attached hydrogens (tertiary/aromatic N) is 2. The molecule has 1 heterocycles. The van der Waals surface area contributed by atoms with Gasteiger partial charge in [0.15, 0.2) is 0 Å². The minimum absolute atomic E-state index is 0.256. The zero-order valence-electron chi connectivity index (χ0n) is 13.8. The van der Waals surface area contributed by atoms with E-state index in [0.29, 0.717) is 35.1 Å². The van der Waals surface area contributed by atoms with E-state index >= 15 is 0 Å². The van der Waals surface area contributed by atoms with Crippen molar-refractivity contribution < 1.29 is 13.9 Å². The van der Waals surface area contributed by atoms with Crippen molar-refractivity contribution in [3.63, 3.8) is 0 Å². The van der Waals surface area contributed by atoms with Gasteiger partial charge in [-0.05, 0) is 32.9 Å². The van der Waals surface area contributed by atoms with E-state index in [-0.39, 0.29) is 12.4 Å². The number of rotatable bonds is 4. The lowest BCUT2D eigenvalue weighted by molar-refractivity contribution is 0.0523. The van der Waals surface area contributed by atoms with E-state index in [1.54, 1.807) is 39.0 Å². The minimum atomic E-state index is -0.432. The lowest BCUT2D eigenvalue weighted by Gasteiger charge is -2.10. The molecule has 0 saturated carbocycles. The van der Waals surface area contributed by atoms with Gasteiger partial charge in [0.05, 0.1) is 30.1 Å². The molecule has 6 heteroatoms. The molecule has 0 atom stereocenters. The molecule has 0 unspecified atom stereocenters. The Bertz CT molecular complexity index is 786. The van der Waals surface area contributed by atoms with Crippen molar-refractivity contribution in [3.8, 4) is 11.8 Å². The highest BCUT2D eigenvalue weighted by Gasteiger charge is 2.16. The first-order chi connectivity index (χ1) is 11.5. The molecule has 1 aromatic carbocycles. The molecular formula is C18H18FN3O2. The first-order valence-electron chi connectivity index (χ1n) is 7.52. The summed E-state index contributed by atoms with van der Waals surface area (Å²) in [6.45, 7) is 5.73. The van der Waals surface area contributed by atoms with Crippen LogP contribution >= 0.6 is 0 Å². The number of nitrogens with one attached hydrogen (secondary N) is 1. The molecule has 0 radical (unpaired) electrons. The van der Waals surface area contributed by atoms with Gasteiger partial charge in [0, 0.05) is 0 Å². The van der Waals surface area contributed by atoms with Gasteiger partial charge < -0.3 is 10.1 Å². The Labute approximate surface area is 140 Å². The Hall–Kier alpha value is -2.94. The maximum Gasteiger partial charge on any atom is 0.341 e. The number of carbonyl (C=O) groups excluding carboxylic acids is 1. The normalized spacial score (nSPS) is 9.83. The van der Waals surface area contributed by atoms with E-state index in [1.807, 2.05) is 0 Å². The molecule has 124 valence electrons. The molecule has 0 aliphatic carbocycles. The highest BCUT2D eigenvalue weighted by atomic mass is 19.1. The third kappa shape index (κ3) is 4.29. The summed E-state index contributed by atoms with van der Waals surface area (Å²) in [5.41, 5.74) is 1.78. The Balaban J connectivity index is 2.07. The summed E-state index contributed by atoms with van der Waals surface area (Å²) in [4.78, 5) is 20.3. The predicted octanol–water partition coefficient (Wildman–Crippen LogP) is 2.87. The second kappa shape index (κ2) is 8.06. The van der Waals surface area contributed by atoms with E-state index in [4.69, 9.17) is 4.74 Å². The number of aryl methyl sites for hydroxylation is 2. The Morgan fingerprint density at radius 3 is 2.54 bits per heavy atom. The fourth-order valence-corrected chi connectivity index (χ4v) is 2.12. The van der Waals surface area contributed by atoms with Crippen LogP contribution in [0.25, 0.3) is 0 Å². The number of hydrogen-bond donors (Lipinski definition) is 1. The first-order valence-corrected chi connectivity index (χ1v) is 7.52. The lowest BCUT2D eigenvalue weighted by atomic mass is 10.2. The molecule has 2 rings (SSSR count). The number of hydrogen-bond acceptors (Lipinski definition) is 5. The van der Waals surface area contributed by atoms with Crippen LogP contribution in [0.5, 0.6) is 0 Å². The zero-order valence-corrected chi connectivity index (χ0v) is 13.8. The third-order valence-corrected chi connectivity index (χ3v) is 3.18. The minimum Gasteiger partial charge on any atom is -0.462 e. The quantitative estimate of drug-likeness (QED) is 0.691. The van der Waals surface area contributed by atoms with E-state index in [2.05, 4.69) is 27.1 Å². The van der Waals surface area contributed by atoms with Crippen molar-refractivity contribution in [3.05, 3.63) is 52.6 Å². The van der Waals surface area contributed by atoms with Gasteiger partial charge in [-0.1, -0.05) is 24.0 Å². The van der Waals surface area contributed by atoms with Gasteiger partial charge in [-0.2, -0.15) is 0 Å². The largest absolute Gasteiger partial charge is 0.462 e. The van der Waals surface area contributed by atoms with Crippen molar-refractivity contribution in [2.24, 2.45) is 0 Å². The summed E-state index contributed by atoms with van der Waals surface area (Å²) in [7, 11) is 0. The summed E-state index contributed by atoms with van der Waals surface area (Å²) in [6, 6.07) is 6.32. The van der Waals surface area contributed by atoms with Gasteiger partial charge in [-0.25, -0.2) is 19.2 Å². The lowest BCUT2D eigenvalue weighted by Crippen LogP contribution is -2.14. The fourth-order valence-electron chi connectivity index (χ4n) is 2.12. The third-order valence-electron chi connectivity index (χ3n) is 3.18. The number of halogens is 1. The summed E-state index contributed by atoms with van der Waals surface area (Å²) in [5.74, 6) is 5.13. The predicted molar refractivity (Wildman–Crippen MR) is 89.2 cm³/mol. The van der Waals surface area contributed by atoms with Gasteiger partial charge in [-0.15, -0.1) is 0 Å². The van der Waals surface area contributed by atoms with Crippen molar-refractivity contribution in [2.75, 3.05) is 18.5 Å². The molecule has 0 bridgehead atoms. The van der Waals surface area contributed by atoms with Gasteiger partial charge in [0.25, 0.3) is 0 Å². The maximum atomic E-state index is 13.4. The fraction of sp³-hybridized carbons (Fsp3) is 0.278. The highest BCUT2D eigenvalue weighted by molar-refractivity contribution is 5.91. The summed E-state index contributed by atoms with van der Waals surface area (Å²) in [6.07, 6.45) is 0. The number of anilines is 1. The summed E-state index contributed by atoms with van der Waals surface area (Å²) in [5, 5.41) is 2.94. The number of carbonyl (C=O) groups is 1. The van der Waals surface area contributed by atoms with Gasteiger partial charge in [-0.3, -0.25) is 0 Å². The standard InChI is InChI=1S/C18H18FN3O2/c1-4-24-17(23)16-12(2)21-18(22-13(16)3)20-11-7-9-14-8-5-6-10-15(14)19/h5-6,8,10H,4,11H2,1-3H3,(H,20,21,22). The SMILES string of the molecule is CCOC(=O)c1c(C)nc(NCC#Cc2ccccc2F)nc1C. The van der Waals surface area contributed by atoms with Crippen molar-refractivity contribution in [1.82, 2.24) is 9.97 Å². The highest BCUT2D eigenvalue weighted by Crippen LogP contribution is 2.14. The smallest absolute Gasteiger partial charge is 0.341 e. The molecular weight excluding hydrogens is 309 g/mol. The zero-order chi connectivity index (χ0) is 17.5. The van der Waals surface area contributed by atoms with Crippen molar-refractivity contribution >= 4 is 11.9 Å². The monoisotopic (exact) mass is 327 g/mol. The molecule has 0 saturated heterocycles. The van der Waals surface area contributed by atoms with Crippen LogP contribution in [0.2, 0.25) is 0 Å². The van der Waals surface area contributed by atoms with Gasteiger partial charge >= 0.3 is 5.97 Å². The maximum absolute atomic E-state index is 13.4. The topological polar surface area (TPSA) is 64.1 Å². The van der Waals surface area contributed by atoms with E-state index in [0.717, 1.165) is 0 Å². The van der Waals surface area contributed by atoms with Gasteiger partial charge in [0.2, 0.25) is 5.95 Å². The second-order valence-electron chi connectivity index (χ2n) is 4.95. The van der Waals surface area contributed by atoms with Crippen LogP contribution in [-0.2, 0) is 4.74 Å². The Morgan fingerprint density at radius 1 is 1.25 bits per heavy atom. The van der Waals surface area contributed by atoms with Crippen molar-refractivity contribution in [1.29, 1.82) is 0 Å². The summed E-state index contributed by atoms with van der Waals surface area (Å²) < 4.78 is 18.4. The van der Waals surface area contributed by atoms with E-state index in [9.17, 15) is 9.18 Å². The molecule has 5 nitrogen and oxygen atoms in total. The van der Waals surface area contributed by atoms with Crippen LogP contribution in [0.4, 0.5) is 10.3 Å². The molecule has 1 aromatic heterocycles. The van der Waals surface area contributed by atoms with Crippen LogP contribution in [0.3, 0.4) is 0 Å². The van der Waals surface area contributed by atoms with Crippen LogP contribution in [-0.4, -0.2) is 29.1 Å². The molecule has 0 amide bonds. The average Bonchev–Trinajstić information content (AvgIpc) is 2.53. The number of esters is 1. The number of benzene rings is 1. The molecule has 24 heavy (non-hydrogen) atoms. The molecule has 0 fully saturated rings. The van der Waals surface area contributed by atoms with Crippen LogP contribution < -0.4 is 5.32 Å². The second-order valence-corrected chi connectivity index (χ2v) is 4.95. The van der Waals surface area contributed by atoms with Crippen LogP contribution in [0.15, 0.2) is 24.3 Å². The van der Waals surface area contributed by atoms with Crippen LogP contribution in [0.1, 0.15) is 34.2 Å². The molecule has 1 N–H and O–H groups in total. The Kier molecular flexibility index (Phi) is 5.85. The van der Waals surface area contributed by atoms with Gasteiger partial charge in [0.1, 0.15) is 11.4 Å². The molecule has 0 spiro atoms.